The number of halogens is 1. The van der Waals surface area contributed by atoms with E-state index in [1.165, 1.54) is 0 Å². The van der Waals surface area contributed by atoms with Gasteiger partial charge in [0.25, 0.3) is 0 Å². The van der Waals surface area contributed by atoms with Gasteiger partial charge in [-0.15, -0.1) is 11.6 Å². The summed E-state index contributed by atoms with van der Waals surface area (Å²) in [5.41, 5.74) is 0.941. The summed E-state index contributed by atoms with van der Waals surface area (Å²) in [6.45, 7) is 5.17. The fourth-order valence-corrected chi connectivity index (χ4v) is 1.28. The summed E-state index contributed by atoms with van der Waals surface area (Å²) in [5.74, 6) is 6.92. The highest BCUT2D eigenvalue weighted by molar-refractivity contribution is 6.19. The minimum Gasteiger partial charge on any atom is -0.491 e. The monoisotopic (exact) mass is 252 g/mol. The Morgan fingerprint density at radius 1 is 1.18 bits per heavy atom. The molecule has 2 nitrogen and oxygen atoms in total. The molecule has 0 aliphatic rings. The third kappa shape index (κ3) is 6.21. The van der Waals surface area contributed by atoms with Crippen LogP contribution < -0.4 is 4.74 Å². The molecule has 0 radical (unpaired) electrons. The molecule has 17 heavy (non-hydrogen) atoms. The molecule has 0 amide bonds. The van der Waals surface area contributed by atoms with Crippen LogP contribution in [-0.2, 0) is 4.74 Å². The van der Waals surface area contributed by atoms with Crippen molar-refractivity contribution in [2.24, 2.45) is 0 Å². The predicted molar refractivity (Wildman–Crippen MR) is 70.6 cm³/mol. The summed E-state index contributed by atoms with van der Waals surface area (Å²) < 4.78 is 10.9. The van der Waals surface area contributed by atoms with Crippen molar-refractivity contribution in [2.75, 3.05) is 19.1 Å². The number of alkyl halides is 1. The number of rotatable bonds is 5. The van der Waals surface area contributed by atoms with Crippen LogP contribution in [0.4, 0.5) is 0 Å². The fraction of sp³-hybridized carbons (Fsp3) is 0.429. The lowest BCUT2D eigenvalue weighted by Gasteiger charge is -2.09. The van der Waals surface area contributed by atoms with Crippen molar-refractivity contribution in [3.05, 3.63) is 29.8 Å². The van der Waals surface area contributed by atoms with Gasteiger partial charge in [0.1, 0.15) is 12.4 Å². The van der Waals surface area contributed by atoms with Gasteiger partial charge in [0.15, 0.2) is 0 Å². The van der Waals surface area contributed by atoms with Crippen molar-refractivity contribution in [2.45, 2.75) is 20.0 Å². The second kappa shape index (κ2) is 8.00. The van der Waals surface area contributed by atoms with Gasteiger partial charge in [-0.05, 0) is 38.1 Å². The maximum absolute atomic E-state index is 5.52. The van der Waals surface area contributed by atoms with Gasteiger partial charge >= 0.3 is 0 Å². The summed E-state index contributed by atoms with van der Waals surface area (Å²) in [6, 6.07) is 7.62. The fourth-order valence-electron chi connectivity index (χ4n) is 1.21. The Morgan fingerprint density at radius 2 is 1.88 bits per heavy atom. The molecule has 0 saturated heterocycles. The summed E-state index contributed by atoms with van der Waals surface area (Å²) in [6.07, 6.45) is 0.242. The Labute approximate surface area is 108 Å². The average Bonchev–Trinajstić information content (AvgIpc) is 2.33. The van der Waals surface area contributed by atoms with E-state index in [9.17, 15) is 0 Å². The first-order valence-electron chi connectivity index (χ1n) is 5.61. The van der Waals surface area contributed by atoms with Gasteiger partial charge in [-0.25, -0.2) is 0 Å². The summed E-state index contributed by atoms with van der Waals surface area (Å²) in [5, 5.41) is 0. The Hall–Kier alpha value is -1.17. The SMILES string of the molecule is CC(C)OCCOc1ccc(C#CCCl)cc1. The quantitative estimate of drug-likeness (QED) is 0.456. The van der Waals surface area contributed by atoms with Crippen LogP contribution in [-0.4, -0.2) is 25.2 Å². The highest BCUT2D eigenvalue weighted by atomic mass is 35.5. The molecule has 0 saturated carbocycles. The van der Waals surface area contributed by atoms with Gasteiger partial charge < -0.3 is 9.47 Å². The molecule has 0 aliphatic carbocycles. The van der Waals surface area contributed by atoms with Crippen LogP contribution in [0.5, 0.6) is 5.75 Å². The van der Waals surface area contributed by atoms with E-state index >= 15 is 0 Å². The van der Waals surface area contributed by atoms with Crippen LogP contribution in [0, 0.1) is 11.8 Å². The van der Waals surface area contributed by atoms with Crippen molar-refractivity contribution in [3.8, 4) is 17.6 Å². The van der Waals surface area contributed by atoms with E-state index in [0.29, 0.717) is 19.1 Å². The summed E-state index contributed by atoms with van der Waals surface area (Å²) in [4.78, 5) is 0. The van der Waals surface area contributed by atoms with Crippen LogP contribution in [0.15, 0.2) is 24.3 Å². The van der Waals surface area contributed by atoms with Gasteiger partial charge in [0.05, 0.1) is 18.6 Å². The molecule has 92 valence electrons. The van der Waals surface area contributed by atoms with E-state index in [4.69, 9.17) is 21.1 Å². The largest absolute Gasteiger partial charge is 0.491 e. The zero-order chi connectivity index (χ0) is 12.5. The van der Waals surface area contributed by atoms with Crippen molar-refractivity contribution in [1.29, 1.82) is 0 Å². The Morgan fingerprint density at radius 3 is 2.47 bits per heavy atom. The first-order valence-corrected chi connectivity index (χ1v) is 6.15. The highest BCUT2D eigenvalue weighted by Gasteiger charge is 1.95. The molecule has 0 fully saturated rings. The standard InChI is InChI=1S/C14H17ClO2/c1-12(2)16-10-11-17-14-7-5-13(6-8-14)4-3-9-15/h5-8,12H,9-11H2,1-2H3. The van der Waals surface area contributed by atoms with Gasteiger partial charge in [-0.3, -0.25) is 0 Å². The van der Waals surface area contributed by atoms with E-state index in [2.05, 4.69) is 11.8 Å². The van der Waals surface area contributed by atoms with Crippen molar-refractivity contribution < 1.29 is 9.47 Å². The lowest BCUT2D eigenvalue weighted by molar-refractivity contribution is 0.0553. The van der Waals surface area contributed by atoms with Crippen LogP contribution >= 0.6 is 11.6 Å². The minimum atomic E-state index is 0.242. The molecule has 0 N–H and O–H groups in total. The molecule has 0 atom stereocenters. The highest BCUT2D eigenvalue weighted by Crippen LogP contribution is 2.11. The molecule has 0 aliphatic heterocycles. The topological polar surface area (TPSA) is 18.5 Å². The maximum atomic E-state index is 5.52. The number of hydrogen-bond donors (Lipinski definition) is 0. The van der Waals surface area contributed by atoms with Gasteiger partial charge in [-0.1, -0.05) is 11.8 Å². The third-order valence-electron chi connectivity index (χ3n) is 1.96. The Kier molecular flexibility index (Phi) is 6.54. The summed E-state index contributed by atoms with van der Waals surface area (Å²) in [7, 11) is 0. The van der Waals surface area contributed by atoms with Crippen LogP contribution in [0.25, 0.3) is 0 Å². The lowest BCUT2D eigenvalue weighted by Crippen LogP contribution is -2.11. The van der Waals surface area contributed by atoms with Crippen molar-refractivity contribution in [3.63, 3.8) is 0 Å². The molecular formula is C14H17ClO2. The van der Waals surface area contributed by atoms with Crippen LogP contribution in [0.3, 0.4) is 0 Å². The second-order valence-corrected chi connectivity index (χ2v) is 4.00. The van der Waals surface area contributed by atoms with Gasteiger partial charge in [-0.2, -0.15) is 0 Å². The lowest BCUT2D eigenvalue weighted by atomic mass is 10.2. The average molecular weight is 253 g/mol. The van der Waals surface area contributed by atoms with Crippen LogP contribution in [0.1, 0.15) is 19.4 Å². The molecule has 1 aromatic carbocycles. The molecule has 0 heterocycles. The van der Waals surface area contributed by atoms with Crippen LogP contribution in [0.2, 0.25) is 0 Å². The molecule has 0 unspecified atom stereocenters. The zero-order valence-corrected chi connectivity index (χ0v) is 11.0. The minimum absolute atomic E-state index is 0.242. The number of benzene rings is 1. The predicted octanol–water partition coefficient (Wildman–Crippen LogP) is 3.08. The third-order valence-corrected chi connectivity index (χ3v) is 2.09. The van der Waals surface area contributed by atoms with Gasteiger partial charge in [0, 0.05) is 5.56 Å². The Balaban J connectivity index is 2.35. The van der Waals surface area contributed by atoms with E-state index in [1.807, 2.05) is 38.1 Å². The first-order chi connectivity index (χ1) is 8.22. The van der Waals surface area contributed by atoms with E-state index in [1.54, 1.807) is 0 Å². The van der Waals surface area contributed by atoms with Crippen molar-refractivity contribution in [1.82, 2.24) is 0 Å². The first kappa shape index (κ1) is 13.9. The number of hydrogen-bond acceptors (Lipinski definition) is 2. The smallest absolute Gasteiger partial charge is 0.119 e. The normalized spacial score (nSPS) is 9.88. The van der Waals surface area contributed by atoms with E-state index < -0.39 is 0 Å². The molecular weight excluding hydrogens is 236 g/mol. The molecule has 0 bridgehead atoms. The zero-order valence-electron chi connectivity index (χ0n) is 10.2. The molecule has 0 aromatic heterocycles. The van der Waals surface area contributed by atoms with Gasteiger partial charge in [0.2, 0.25) is 0 Å². The maximum Gasteiger partial charge on any atom is 0.119 e. The molecule has 3 heteroatoms. The van der Waals surface area contributed by atoms with E-state index in [-0.39, 0.29) is 6.10 Å². The summed E-state index contributed by atoms with van der Waals surface area (Å²) >= 11 is 5.48. The molecule has 1 aromatic rings. The Bertz CT molecular complexity index is 373. The molecule has 1 rings (SSSR count). The molecule has 0 spiro atoms. The second-order valence-electron chi connectivity index (χ2n) is 3.73. The number of ether oxygens (including phenoxy) is 2. The van der Waals surface area contributed by atoms with Crippen molar-refractivity contribution >= 4 is 11.6 Å². The van der Waals surface area contributed by atoms with E-state index in [0.717, 1.165) is 11.3 Å².